The first kappa shape index (κ1) is 103. The van der Waals surface area contributed by atoms with Crippen LogP contribution in [0.15, 0.2) is 319 Å². The van der Waals surface area contributed by atoms with Gasteiger partial charge >= 0.3 is 77.6 Å². The fourth-order valence-electron chi connectivity index (χ4n) is 13.4. The molecule has 16 rings (SSSR count). The predicted molar refractivity (Wildman–Crippen MR) is 472 cm³/mol. The summed E-state index contributed by atoms with van der Waals surface area (Å²) >= 11 is 0. The van der Waals surface area contributed by atoms with Gasteiger partial charge in [0.05, 0.1) is 72.3 Å². The zero-order valence-corrected chi connectivity index (χ0v) is 73.1. The van der Waals surface area contributed by atoms with Crippen LogP contribution in [0.4, 0.5) is 0 Å². The first-order valence-electron chi connectivity index (χ1n) is 41.9. The number of aliphatic hydroxyl groups excluding tert-OH is 7. The Bertz CT molecular complexity index is 5710. The topological polar surface area (TPSA) is 673 Å². The molecule has 13 aromatic heterocycles. The van der Waals surface area contributed by atoms with Gasteiger partial charge < -0.3 is 98.1 Å². The van der Waals surface area contributed by atoms with Crippen molar-refractivity contribution >= 4 is 77.6 Å². The van der Waals surface area contributed by atoms with Crippen LogP contribution in [0, 0.1) is 0 Å². The minimum atomic E-state index is -2.08. The van der Waals surface area contributed by atoms with Crippen LogP contribution in [-0.2, 0) is 52.1 Å². The fourth-order valence-corrected chi connectivity index (χ4v) is 13.4. The van der Waals surface area contributed by atoms with Gasteiger partial charge in [-0.3, -0.25) is 64.8 Å². The number of carbonyl (C=O) groups excluding carboxylic acids is 11. The minimum Gasteiger partial charge on any atom is -0.478 e. The zero-order valence-electron chi connectivity index (χ0n) is 73.1. The molecule has 0 saturated heterocycles. The van der Waals surface area contributed by atoms with E-state index in [1.54, 1.807) is 12.1 Å². The van der Waals surface area contributed by atoms with Crippen molar-refractivity contribution in [1.82, 2.24) is 64.8 Å². The molecule has 0 bridgehead atoms. The van der Waals surface area contributed by atoms with Crippen molar-refractivity contribution in [1.29, 1.82) is 0 Å². The number of hydrogen-bond acceptors (Lipinski definition) is 44. The van der Waals surface area contributed by atoms with Crippen LogP contribution >= 0.6 is 0 Å². The molecule has 0 aliphatic heterocycles. The van der Waals surface area contributed by atoms with Crippen LogP contribution in [-0.4, -0.2) is 298 Å². The lowest BCUT2D eigenvalue weighted by Crippen LogP contribution is -2.69. The molecule has 13 aromatic rings. The second kappa shape index (κ2) is 50.6. The molecule has 46 heteroatoms. The average molecular weight is 1940 g/mol. The summed E-state index contributed by atoms with van der Waals surface area (Å²) < 4.78 is 65.1. The molecule has 3 aliphatic carbocycles. The van der Waals surface area contributed by atoms with E-state index in [1.165, 1.54) is 307 Å². The van der Waals surface area contributed by atoms with E-state index in [1.807, 2.05) is 0 Å². The number of esters is 11. The molecule has 0 spiro atoms. The summed E-state index contributed by atoms with van der Waals surface area (Å²) in [5, 5.41) is 82.5. The molecule has 4 atom stereocenters. The van der Waals surface area contributed by atoms with Crippen molar-refractivity contribution in [2.75, 3.05) is 0 Å². The van der Waals surface area contributed by atoms with E-state index in [4.69, 9.17) is 93.0 Å². The smallest absolute Gasteiger partial charge is 0.340 e. The molecule has 3 aliphatic rings. The van der Waals surface area contributed by atoms with Crippen molar-refractivity contribution in [2.45, 2.75) is 110 Å². The molecule has 3 fully saturated rings. The molecule has 46 nitrogen and oxygen atoms in total. The highest BCUT2D eigenvalue weighted by Crippen LogP contribution is 2.39. The Kier molecular flexibility index (Phi) is 36.6. The quantitative estimate of drug-likeness (QED) is 0.0306. The number of aromatic carboxylic acids is 2. The fraction of sp³-hybridized carbons (Fsp3) is 0.188. The molecule has 4 unspecified atom stereocenters. The summed E-state index contributed by atoms with van der Waals surface area (Å²) in [6.45, 7) is 0. The van der Waals surface area contributed by atoms with E-state index in [0.29, 0.717) is 0 Å². The summed E-state index contributed by atoms with van der Waals surface area (Å²) in [5.41, 5.74) is -0.539. The van der Waals surface area contributed by atoms with Gasteiger partial charge in [0.15, 0.2) is 67.1 Å². The first-order chi connectivity index (χ1) is 68.6. The lowest BCUT2D eigenvalue weighted by Gasteiger charge is -2.47. The Morgan fingerprint density at radius 3 is 0.345 bits per heavy atom. The highest BCUT2D eigenvalue weighted by molar-refractivity contribution is 5.96. The number of carboxylic acids is 2. The average Bonchev–Trinajstić information content (AvgIpc) is 0.717. The standard InChI is InChI=1S/C42H30N6O12.C36H27N5O11.2C6H5NO2.C6H12O6/c49-37(25-7-1-13-43-19-25)55-31-32(56-38(50)26-8-2-14-44-20-26)34(58-40(52)28-10-4-16-46-22-28)36(60-42(54)30-12-6-18-48-24-30)35(59-41(53)29-11-5-17-47-23-29)33(31)57-39(51)27-9-3-15-45-21-27;42-26-27(48-32(43)21-6-1-11-37-16-21)29(50-34(45)23-8-3-13-39-18-23)31(52-36(47)25-10-5-15-41-20-25)30(51-35(46)24-9-4-14-40-19-24)28(26)49-33(44)22-7-2-12-38-17-22;2*8-6(9)5-2-1-3-7-4-5;7-1-2(8)4(10)6(12)5(11)3(1)9/h1-24,31-36H;1-20,26-31,42H;2*1-4H,(H,8,9);1-12H. The number of carboxylic acid groups (broad SMARTS) is 2. The lowest BCUT2D eigenvalue weighted by molar-refractivity contribution is -0.223. The van der Waals surface area contributed by atoms with E-state index >= 15 is 0 Å². The number of hydrogen-bond donors (Lipinski definition) is 9. The van der Waals surface area contributed by atoms with Crippen molar-refractivity contribution in [3.05, 3.63) is 391 Å². The highest BCUT2D eigenvalue weighted by atomic mass is 16.7. The maximum Gasteiger partial charge on any atom is 0.340 e. The Morgan fingerprint density at radius 1 is 0.155 bits per heavy atom. The molecule has 726 valence electrons. The van der Waals surface area contributed by atoms with Crippen LogP contribution in [0.3, 0.4) is 0 Å². The second-order valence-electron chi connectivity index (χ2n) is 29.8. The summed E-state index contributed by atoms with van der Waals surface area (Å²) in [4.78, 5) is 222. The predicted octanol–water partition coefficient (Wildman–Crippen LogP) is 3.91. The van der Waals surface area contributed by atoms with E-state index < -0.39 is 187 Å². The molecule has 9 N–H and O–H groups in total. The van der Waals surface area contributed by atoms with Crippen molar-refractivity contribution in [2.24, 2.45) is 0 Å². The van der Waals surface area contributed by atoms with Gasteiger partial charge in [-0.05, 0) is 158 Å². The second-order valence-corrected chi connectivity index (χ2v) is 29.8. The molecule has 3 saturated carbocycles. The van der Waals surface area contributed by atoms with E-state index in [0.717, 1.165) is 0 Å². The maximum absolute atomic E-state index is 14.0. The molecule has 0 aromatic carbocycles. The summed E-state index contributed by atoms with van der Waals surface area (Å²) in [5.74, 6) is -13.6. The number of carbonyl (C=O) groups is 13. The van der Waals surface area contributed by atoms with E-state index in [9.17, 15) is 67.4 Å². The number of rotatable bonds is 24. The Balaban J connectivity index is 0.000000196. The molecule has 142 heavy (non-hydrogen) atoms. The first-order valence-corrected chi connectivity index (χ1v) is 41.9. The SMILES string of the molecule is O=C(O)c1cccnc1.O=C(O)c1cccnc1.O=C(OC1C(O)C(OC(=O)c2cccnc2)C(OC(=O)c2cccnc2)C(OC(=O)c2cccnc2)C1OC(=O)c1cccnc1)c1cccnc1.O=C(OC1C(OC(=O)c2cccnc2)C(OC(=O)c2cccnc2)C(OC(=O)c2cccnc2)C(OC(=O)c2cccnc2)C1OC(=O)c1cccnc1)c1cccnc1.OC1C(O)C(O)C(O)C(O)C1O. The van der Waals surface area contributed by atoms with Crippen molar-refractivity contribution < 1.29 is 160 Å². The van der Waals surface area contributed by atoms with Crippen LogP contribution in [0.25, 0.3) is 0 Å². The summed E-state index contributed by atoms with van der Waals surface area (Å²) in [6, 6.07) is 37.2. The zero-order chi connectivity index (χ0) is 101. The number of nitrogens with zero attached hydrogens (tertiary/aromatic N) is 13. The van der Waals surface area contributed by atoms with Gasteiger partial charge in [0.2, 0.25) is 0 Å². The van der Waals surface area contributed by atoms with E-state index in [-0.39, 0.29) is 72.3 Å². The number of aromatic nitrogens is 13. The van der Waals surface area contributed by atoms with Gasteiger partial charge in [-0.25, -0.2) is 62.3 Å². The summed E-state index contributed by atoms with van der Waals surface area (Å²) in [6.07, 6.45) is 0.712. The Labute approximate surface area is 800 Å². The normalized spacial score (nSPS) is 21.6. The Morgan fingerprint density at radius 2 is 0.254 bits per heavy atom. The molecule has 13 heterocycles. The highest BCUT2D eigenvalue weighted by Gasteiger charge is 2.63. The molecular formula is C96H79N13O33. The monoisotopic (exact) mass is 1940 g/mol. The lowest BCUT2D eigenvalue weighted by atomic mass is 9.83. The maximum atomic E-state index is 14.0. The van der Waals surface area contributed by atoms with Crippen LogP contribution < -0.4 is 0 Å². The van der Waals surface area contributed by atoms with Gasteiger partial charge in [0.25, 0.3) is 0 Å². The number of ether oxygens (including phenoxy) is 11. The third-order valence-corrected chi connectivity index (χ3v) is 20.4. The van der Waals surface area contributed by atoms with Gasteiger partial charge in [-0.15, -0.1) is 0 Å². The molecule has 0 amide bonds. The van der Waals surface area contributed by atoms with E-state index in [2.05, 4.69) is 64.8 Å². The molecule has 0 radical (unpaired) electrons. The minimum absolute atomic E-state index is 0.0648. The van der Waals surface area contributed by atoms with Gasteiger partial charge in [0, 0.05) is 161 Å². The molecular weight excluding hydrogens is 1860 g/mol. The van der Waals surface area contributed by atoms with Crippen LogP contribution in [0.5, 0.6) is 0 Å². The number of pyridine rings is 13. The largest absolute Gasteiger partial charge is 0.478 e. The van der Waals surface area contributed by atoms with Gasteiger partial charge in [-0.2, -0.15) is 0 Å². The third kappa shape index (κ3) is 27.6. The van der Waals surface area contributed by atoms with Crippen molar-refractivity contribution in [3.8, 4) is 0 Å². The van der Waals surface area contributed by atoms with Gasteiger partial charge in [0.1, 0.15) is 42.7 Å². The van der Waals surface area contributed by atoms with Crippen molar-refractivity contribution in [3.63, 3.8) is 0 Å². The number of aliphatic hydroxyl groups is 7. The van der Waals surface area contributed by atoms with Gasteiger partial charge in [-0.1, -0.05) is 0 Å². The van der Waals surface area contributed by atoms with Crippen LogP contribution in [0.2, 0.25) is 0 Å². The summed E-state index contributed by atoms with van der Waals surface area (Å²) in [7, 11) is 0. The third-order valence-electron chi connectivity index (χ3n) is 20.4. The van der Waals surface area contributed by atoms with Crippen LogP contribution in [0.1, 0.15) is 135 Å². The Hall–Kier alpha value is -18.2.